The van der Waals surface area contributed by atoms with Gasteiger partial charge in [0.1, 0.15) is 22.2 Å². The number of hydrogen-bond acceptors (Lipinski definition) is 6. The molecule has 22 heavy (non-hydrogen) atoms. The number of carbonyl (C=O) groups excluding carboxylic acids is 1. The number of carbonyl (C=O) groups is 1. The summed E-state index contributed by atoms with van der Waals surface area (Å²) < 4.78 is 10.1. The molecule has 0 amide bonds. The predicted octanol–water partition coefficient (Wildman–Crippen LogP) is 3.61. The normalized spacial score (nSPS) is 10.8. The number of esters is 1. The zero-order chi connectivity index (χ0) is 15.5. The summed E-state index contributed by atoms with van der Waals surface area (Å²) >= 11 is 1.51. The maximum absolute atomic E-state index is 11.7. The van der Waals surface area contributed by atoms with Crippen LogP contribution in [0.5, 0.6) is 0 Å². The van der Waals surface area contributed by atoms with Gasteiger partial charge in [-0.15, -0.1) is 0 Å². The molecule has 0 aliphatic heterocycles. The molecule has 3 rings (SSSR count). The van der Waals surface area contributed by atoms with Crippen LogP contribution in [-0.4, -0.2) is 23.0 Å². The lowest BCUT2D eigenvalue weighted by atomic mass is 10.2. The van der Waals surface area contributed by atoms with Crippen molar-refractivity contribution in [3.63, 3.8) is 0 Å². The van der Waals surface area contributed by atoms with Crippen molar-refractivity contribution in [2.24, 2.45) is 0 Å². The largest absolute Gasteiger partial charge is 0.468 e. The van der Waals surface area contributed by atoms with Crippen LogP contribution in [0.4, 0.5) is 0 Å². The van der Waals surface area contributed by atoms with Crippen LogP contribution in [0.15, 0.2) is 46.0 Å². The van der Waals surface area contributed by atoms with Crippen LogP contribution >= 0.6 is 11.8 Å². The second-order valence-electron chi connectivity index (χ2n) is 4.63. The van der Waals surface area contributed by atoms with E-state index in [1.807, 2.05) is 31.2 Å². The van der Waals surface area contributed by atoms with E-state index in [1.165, 1.54) is 25.1 Å². The van der Waals surface area contributed by atoms with Crippen LogP contribution in [0.25, 0.3) is 10.9 Å². The molecule has 0 unspecified atom stereocenters. The molecular weight excluding hydrogens is 300 g/mol. The van der Waals surface area contributed by atoms with Gasteiger partial charge in [-0.05, 0) is 19.1 Å². The summed E-state index contributed by atoms with van der Waals surface area (Å²) in [5.41, 5.74) is 1.36. The first kappa shape index (κ1) is 14.6. The Balaban J connectivity index is 1.89. The van der Waals surface area contributed by atoms with Gasteiger partial charge in [0.15, 0.2) is 0 Å². The van der Waals surface area contributed by atoms with Gasteiger partial charge in [-0.3, -0.25) is 0 Å². The van der Waals surface area contributed by atoms with Gasteiger partial charge in [-0.25, -0.2) is 14.8 Å². The molecule has 0 aliphatic carbocycles. The molecule has 0 saturated heterocycles. The minimum Gasteiger partial charge on any atom is -0.468 e. The Bertz CT molecular complexity index is 829. The molecule has 112 valence electrons. The van der Waals surface area contributed by atoms with E-state index in [-0.39, 0.29) is 0 Å². The Labute approximate surface area is 131 Å². The van der Waals surface area contributed by atoms with E-state index < -0.39 is 5.97 Å². The van der Waals surface area contributed by atoms with Crippen molar-refractivity contribution in [2.45, 2.75) is 17.7 Å². The van der Waals surface area contributed by atoms with Crippen LogP contribution in [0.3, 0.4) is 0 Å². The maximum Gasteiger partial charge on any atom is 0.341 e. The molecule has 2 heterocycles. The number of rotatable bonds is 4. The van der Waals surface area contributed by atoms with E-state index in [4.69, 9.17) is 9.15 Å². The number of benzene rings is 1. The van der Waals surface area contributed by atoms with Gasteiger partial charge in [-0.1, -0.05) is 30.0 Å². The molecule has 0 saturated carbocycles. The summed E-state index contributed by atoms with van der Waals surface area (Å²) in [7, 11) is 1.35. The lowest BCUT2D eigenvalue weighted by Crippen LogP contribution is -2.02. The van der Waals surface area contributed by atoms with Gasteiger partial charge < -0.3 is 9.15 Å². The van der Waals surface area contributed by atoms with Crippen molar-refractivity contribution in [1.29, 1.82) is 0 Å². The van der Waals surface area contributed by atoms with Crippen molar-refractivity contribution in [2.75, 3.05) is 7.11 Å². The molecule has 3 aromatic rings. The third-order valence-corrected chi connectivity index (χ3v) is 4.16. The van der Waals surface area contributed by atoms with Crippen LogP contribution < -0.4 is 0 Å². The number of furan rings is 1. The van der Waals surface area contributed by atoms with Crippen molar-refractivity contribution in [1.82, 2.24) is 9.97 Å². The number of para-hydroxylation sites is 1. The molecular formula is C16H14N2O3S. The topological polar surface area (TPSA) is 65.2 Å². The minimum atomic E-state index is -0.395. The lowest BCUT2D eigenvalue weighted by Gasteiger charge is -2.06. The Hall–Kier alpha value is -2.34. The lowest BCUT2D eigenvalue weighted by molar-refractivity contribution is 0.0598. The highest BCUT2D eigenvalue weighted by Crippen LogP contribution is 2.29. The van der Waals surface area contributed by atoms with Gasteiger partial charge >= 0.3 is 5.97 Å². The Morgan fingerprint density at radius 3 is 2.91 bits per heavy atom. The van der Waals surface area contributed by atoms with E-state index in [0.717, 1.165) is 15.9 Å². The first-order valence-electron chi connectivity index (χ1n) is 6.70. The van der Waals surface area contributed by atoms with E-state index in [9.17, 15) is 4.79 Å². The van der Waals surface area contributed by atoms with Gasteiger partial charge in [0.2, 0.25) is 0 Å². The van der Waals surface area contributed by atoms with Crippen LogP contribution in [0, 0.1) is 6.92 Å². The fourth-order valence-electron chi connectivity index (χ4n) is 2.15. The smallest absolute Gasteiger partial charge is 0.341 e. The summed E-state index contributed by atoms with van der Waals surface area (Å²) in [5, 5.41) is 1.86. The molecule has 0 atom stereocenters. The maximum atomic E-state index is 11.7. The average molecular weight is 314 g/mol. The number of thioether (sulfide) groups is 1. The molecule has 0 aliphatic rings. The molecule has 0 spiro atoms. The summed E-state index contributed by atoms with van der Waals surface area (Å²) in [5.74, 6) is 1.40. The van der Waals surface area contributed by atoms with Crippen molar-refractivity contribution < 1.29 is 13.9 Å². The summed E-state index contributed by atoms with van der Waals surface area (Å²) in [6, 6.07) is 9.47. The highest BCUT2D eigenvalue weighted by molar-refractivity contribution is 7.98. The van der Waals surface area contributed by atoms with Crippen molar-refractivity contribution >= 4 is 28.6 Å². The van der Waals surface area contributed by atoms with E-state index in [0.29, 0.717) is 22.9 Å². The molecule has 0 radical (unpaired) electrons. The van der Waals surface area contributed by atoms with Gasteiger partial charge in [0.25, 0.3) is 0 Å². The molecule has 2 aromatic heterocycles. The standard InChI is InChI=1S/C16H14N2O3S/c1-10-17-13-6-4-3-5-11(13)15(18-10)22-9-14-12(7-8-21-14)16(19)20-2/h3-8H,9H2,1-2H3. The molecule has 1 aromatic carbocycles. The van der Waals surface area contributed by atoms with Crippen LogP contribution in [0.1, 0.15) is 21.9 Å². The zero-order valence-electron chi connectivity index (χ0n) is 12.2. The number of hydrogen-bond donors (Lipinski definition) is 0. The average Bonchev–Trinajstić information content (AvgIpc) is 3.00. The molecule has 0 N–H and O–H groups in total. The third-order valence-electron chi connectivity index (χ3n) is 3.17. The SMILES string of the molecule is COC(=O)c1ccoc1CSc1nc(C)nc2ccccc12. The second kappa shape index (κ2) is 6.19. The summed E-state index contributed by atoms with van der Waals surface area (Å²) in [6.45, 7) is 1.86. The van der Waals surface area contributed by atoms with Gasteiger partial charge in [0.05, 0.1) is 24.6 Å². The fraction of sp³-hybridized carbons (Fsp3) is 0.188. The molecule has 0 fully saturated rings. The number of nitrogens with zero attached hydrogens (tertiary/aromatic N) is 2. The summed E-state index contributed by atoms with van der Waals surface area (Å²) in [4.78, 5) is 20.6. The van der Waals surface area contributed by atoms with Gasteiger partial charge in [-0.2, -0.15) is 0 Å². The van der Waals surface area contributed by atoms with Crippen LogP contribution in [-0.2, 0) is 10.5 Å². The second-order valence-corrected chi connectivity index (χ2v) is 5.59. The fourth-order valence-corrected chi connectivity index (χ4v) is 3.16. The highest BCUT2D eigenvalue weighted by Gasteiger charge is 2.16. The van der Waals surface area contributed by atoms with E-state index >= 15 is 0 Å². The first-order valence-corrected chi connectivity index (χ1v) is 7.68. The Morgan fingerprint density at radius 2 is 2.09 bits per heavy atom. The monoisotopic (exact) mass is 314 g/mol. The van der Waals surface area contributed by atoms with E-state index in [2.05, 4.69) is 9.97 Å². The predicted molar refractivity (Wildman–Crippen MR) is 83.9 cm³/mol. The number of ether oxygens (including phenoxy) is 1. The minimum absolute atomic E-state index is 0.395. The number of fused-ring (bicyclic) bond motifs is 1. The Morgan fingerprint density at radius 1 is 1.27 bits per heavy atom. The Kier molecular flexibility index (Phi) is 4.11. The summed E-state index contributed by atoms with van der Waals surface area (Å²) in [6.07, 6.45) is 1.49. The number of aryl methyl sites for hydroxylation is 1. The first-order chi connectivity index (χ1) is 10.7. The number of methoxy groups -OCH3 is 1. The van der Waals surface area contributed by atoms with E-state index in [1.54, 1.807) is 6.07 Å². The molecule has 6 heteroatoms. The highest BCUT2D eigenvalue weighted by atomic mass is 32.2. The number of aromatic nitrogens is 2. The van der Waals surface area contributed by atoms with Gasteiger partial charge in [0, 0.05) is 5.39 Å². The van der Waals surface area contributed by atoms with Crippen LogP contribution in [0.2, 0.25) is 0 Å². The zero-order valence-corrected chi connectivity index (χ0v) is 13.0. The molecule has 5 nitrogen and oxygen atoms in total. The molecule has 0 bridgehead atoms. The quantitative estimate of drug-likeness (QED) is 0.416. The van der Waals surface area contributed by atoms with Crippen molar-refractivity contribution in [3.8, 4) is 0 Å². The van der Waals surface area contributed by atoms with Crippen molar-refractivity contribution in [3.05, 3.63) is 53.7 Å². The third kappa shape index (κ3) is 2.82.